The number of aliphatic hydroxyl groups is 1. The van der Waals surface area contributed by atoms with Crippen molar-refractivity contribution in [2.45, 2.75) is 25.2 Å². The van der Waals surface area contributed by atoms with Crippen molar-refractivity contribution in [3.63, 3.8) is 0 Å². The third-order valence-corrected chi connectivity index (χ3v) is 5.54. The number of benzene rings is 2. The van der Waals surface area contributed by atoms with Crippen molar-refractivity contribution in [2.24, 2.45) is 5.41 Å². The third-order valence-electron chi connectivity index (χ3n) is 5.54. The van der Waals surface area contributed by atoms with Gasteiger partial charge in [-0.05, 0) is 42.5 Å². The number of carbonyl (C=O) groups is 2. The second-order valence-corrected chi connectivity index (χ2v) is 7.35. The van der Waals surface area contributed by atoms with Crippen molar-refractivity contribution in [1.29, 1.82) is 0 Å². The Kier molecular flexibility index (Phi) is 9.00. The molecule has 1 N–H and O–H groups in total. The summed E-state index contributed by atoms with van der Waals surface area (Å²) < 4.78 is 13.2. The molecule has 5 nitrogen and oxygen atoms in total. The zero-order valence-electron chi connectivity index (χ0n) is 16.5. The summed E-state index contributed by atoms with van der Waals surface area (Å²) in [5.74, 6) is -2.24. The van der Waals surface area contributed by atoms with E-state index in [1.807, 2.05) is 30.3 Å². The smallest absolute Gasteiger partial charge is 0.549 e. The maximum Gasteiger partial charge on any atom is 1.00 e. The summed E-state index contributed by atoms with van der Waals surface area (Å²) in [5.41, 5.74) is 0.441. The van der Waals surface area contributed by atoms with Crippen molar-refractivity contribution in [3.8, 4) is 0 Å². The van der Waals surface area contributed by atoms with Crippen molar-refractivity contribution < 1.29 is 75.6 Å². The molecule has 2 aromatic carbocycles. The minimum atomic E-state index is -1.23. The van der Waals surface area contributed by atoms with Crippen LogP contribution in [0.5, 0.6) is 0 Å². The molecule has 2 aromatic rings. The number of amides is 1. The zero-order valence-corrected chi connectivity index (χ0v) is 19.6. The van der Waals surface area contributed by atoms with Gasteiger partial charge in [0.2, 0.25) is 5.91 Å². The number of nitrogens with zero attached hydrogens (tertiary/aromatic N) is 1. The minimum Gasteiger partial charge on any atom is -0.549 e. The predicted octanol–water partition coefficient (Wildman–Crippen LogP) is -1.49. The first-order valence-corrected chi connectivity index (χ1v) is 9.36. The van der Waals surface area contributed by atoms with Crippen LogP contribution in [-0.2, 0) is 16.0 Å². The molecular formula is C22H23FKNO4. The maximum atomic E-state index is 13.3. The molecule has 0 aromatic heterocycles. The first kappa shape index (κ1) is 24.2. The normalized spacial score (nSPS) is 19.4. The topological polar surface area (TPSA) is 80.7 Å². The molecule has 0 aliphatic carbocycles. The Morgan fingerprint density at radius 3 is 2.38 bits per heavy atom. The fourth-order valence-corrected chi connectivity index (χ4v) is 3.86. The quantitative estimate of drug-likeness (QED) is 0.550. The molecule has 148 valence electrons. The average molecular weight is 424 g/mol. The number of carboxylic acid groups (broad SMARTS) is 1. The van der Waals surface area contributed by atoms with Gasteiger partial charge in [0.1, 0.15) is 5.82 Å². The van der Waals surface area contributed by atoms with Gasteiger partial charge < -0.3 is 19.9 Å². The fraction of sp³-hybridized carbons (Fsp3) is 0.364. The molecule has 1 aliphatic rings. The van der Waals surface area contributed by atoms with Gasteiger partial charge in [0.25, 0.3) is 0 Å². The number of likely N-dealkylation sites (tertiary alicyclic amines) is 1. The van der Waals surface area contributed by atoms with E-state index >= 15 is 0 Å². The van der Waals surface area contributed by atoms with E-state index in [-0.39, 0.29) is 89.1 Å². The number of aliphatic carboxylic acids is 1. The van der Waals surface area contributed by atoms with Gasteiger partial charge in [-0.15, -0.1) is 0 Å². The van der Waals surface area contributed by atoms with Crippen LogP contribution in [0.4, 0.5) is 4.39 Å². The van der Waals surface area contributed by atoms with Gasteiger partial charge in [-0.25, -0.2) is 4.39 Å². The van der Waals surface area contributed by atoms with Crippen molar-refractivity contribution in [2.75, 3.05) is 19.7 Å². The molecule has 0 radical (unpaired) electrons. The van der Waals surface area contributed by atoms with Gasteiger partial charge in [-0.1, -0.05) is 42.5 Å². The Morgan fingerprint density at radius 2 is 1.79 bits per heavy atom. The Hall–Kier alpha value is -1.09. The Balaban J connectivity index is 0.00000300. The third kappa shape index (κ3) is 5.74. The summed E-state index contributed by atoms with van der Waals surface area (Å²) in [4.78, 5) is 26.5. The van der Waals surface area contributed by atoms with Gasteiger partial charge in [0, 0.05) is 31.1 Å². The van der Waals surface area contributed by atoms with Crippen molar-refractivity contribution in [3.05, 3.63) is 71.5 Å². The number of rotatable bonds is 7. The Labute approximate surface area is 212 Å². The van der Waals surface area contributed by atoms with E-state index in [4.69, 9.17) is 0 Å². The number of carbonyl (C=O) groups excluding carboxylic acids is 2. The van der Waals surface area contributed by atoms with E-state index < -0.39 is 17.3 Å². The molecule has 1 fully saturated rings. The van der Waals surface area contributed by atoms with E-state index in [2.05, 4.69) is 0 Å². The molecule has 0 bridgehead atoms. The van der Waals surface area contributed by atoms with Crippen LogP contribution in [0.25, 0.3) is 0 Å². The first-order valence-electron chi connectivity index (χ1n) is 9.36. The van der Waals surface area contributed by atoms with Gasteiger partial charge >= 0.3 is 51.4 Å². The summed E-state index contributed by atoms with van der Waals surface area (Å²) in [7, 11) is 0. The number of carboxylic acids is 1. The minimum absolute atomic E-state index is 0. The summed E-state index contributed by atoms with van der Waals surface area (Å²) in [5, 5.41) is 20.9. The van der Waals surface area contributed by atoms with Gasteiger partial charge in [0.15, 0.2) is 0 Å². The van der Waals surface area contributed by atoms with Gasteiger partial charge in [-0.2, -0.15) is 0 Å². The molecule has 2 atom stereocenters. The van der Waals surface area contributed by atoms with Crippen LogP contribution in [0, 0.1) is 11.2 Å². The monoisotopic (exact) mass is 423 g/mol. The number of aliphatic hydroxyl groups excluding tert-OH is 1. The van der Waals surface area contributed by atoms with Crippen LogP contribution in [-0.4, -0.2) is 41.6 Å². The molecule has 1 heterocycles. The second kappa shape index (κ2) is 10.8. The SMILES string of the molecule is O=C(C(Cc1ccc(F)cc1)c1ccccc1)N1CCC(CCO)(C(=O)[O-])C1.[K+]. The summed E-state index contributed by atoms with van der Waals surface area (Å²) in [6, 6.07) is 15.3. The van der Waals surface area contributed by atoms with Crippen LogP contribution in [0.15, 0.2) is 54.6 Å². The zero-order chi connectivity index (χ0) is 20.1. The molecule has 0 spiro atoms. The van der Waals surface area contributed by atoms with Crippen LogP contribution in [0.3, 0.4) is 0 Å². The molecular weight excluding hydrogens is 400 g/mol. The number of hydrogen-bond donors (Lipinski definition) is 1. The molecule has 1 saturated heterocycles. The van der Waals surface area contributed by atoms with Crippen LogP contribution in [0.2, 0.25) is 0 Å². The van der Waals surface area contributed by atoms with E-state index in [1.165, 1.54) is 12.1 Å². The first-order chi connectivity index (χ1) is 13.4. The Morgan fingerprint density at radius 1 is 1.14 bits per heavy atom. The second-order valence-electron chi connectivity index (χ2n) is 7.35. The molecule has 1 aliphatic heterocycles. The Bertz CT molecular complexity index is 830. The molecule has 1 amide bonds. The van der Waals surface area contributed by atoms with Gasteiger partial charge in [-0.3, -0.25) is 4.79 Å². The summed E-state index contributed by atoms with van der Waals surface area (Å²) >= 11 is 0. The fourth-order valence-electron chi connectivity index (χ4n) is 3.86. The maximum absolute atomic E-state index is 13.3. The van der Waals surface area contributed by atoms with Crippen LogP contribution in [0.1, 0.15) is 29.9 Å². The van der Waals surface area contributed by atoms with Crippen LogP contribution >= 0.6 is 0 Å². The molecule has 2 unspecified atom stereocenters. The standard InChI is InChI=1S/C22H24FNO4.K/c23-18-8-6-16(7-9-18)14-19(17-4-2-1-3-5-17)20(26)24-12-10-22(15-24,11-13-25)21(27)28;/h1-9,19,25H,10-15H2,(H,27,28);/q;+1/p-1. The summed E-state index contributed by atoms with van der Waals surface area (Å²) in [6.07, 6.45) is 0.713. The van der Waals surface area contributed by atoms with Crippen molar-refractivity contribution in [1.82, 2.24) is 4.90 Å². The molecule has 7 heteroatoms. The van der Waals surface area contributed by atoms with Crippen molar-refractivity contribution >= 4 is 11.9 Å². The largest absolute Gasteiger partial charge is 1.00 e. The average Bonchev–Trinajstić information content (AvgIpc) is 3.14. The predicted molar refractivity (Wildman–Crippen MR) is 99.6 cm³/mol. The van der Waals surface area contributed by atoms with Crippen LogP contribution < -0.4 is 56.5 Å². The summed E-state index contributed by atoms with van der Waals surface area (Å²) in [6.45, 7) is 0.0642. The van der Waals surface area contributed by atoms with E-state index in [1.54, 1.807) is 17.0 Å². The number of halogens is 1. The van der Waals surface area contributed by atoms with E-state index in [9.17, 15) is 24.2 Å². The molecule has 29 heavy (non-hydrogen) atoms. The van der Waals surface area contributed by atoms with E-state index in [0.717, 1.165) is 11.1 Å². The van der Waals surface area contributed by atoms with Gasteiger partial charge in [0.05, 0.1) is 5.92 Å². The molecule has 3 rings (SSSR count). The van der Waals surface area contributed by atoms with E-state index in [0.29, 0.717) is 13.0 Å². The molecule has 0 saturated carbocycles. The number of hydrogen-bond acceptors (Lipinski definition) is 4.